The van der Waals surface area contributed by atoms with Crippen LogP contribution in [0.25, 0.3) is 5.69 Å². The van der Waals surface area contributed by atoms with Crippen LogP contribution in [0, 0.1) is 19.8 Å². The van der Waals surface area contributed by atoms with Crippen molar-refractivity contribution in [1.82, 2.24) is 19.6 Å². The summed E-state index contributed by atoms with van der Waals surface area (Å²) in [5.41, 5.74) is 3.75. The van der Waals surface area contributed by atoms with E-state index in [2.05, 4.69) is 25.9 Å². The molecule has 1 aromatic carbocycles. The van der Waals surface area contributed by atoms with E-state index in [0.29, 0.717) is 0 Å². The number of ether oxygens (including phenoxy) is 1. The third kappa shape index (κ3) is 4.79. The van der Waals surface area contributed by atoms with Gasteiger partial charge in [-0.2, -0.15) is 5.10 Å². The Hall–Kier alpha value is -1.70. The zero-order chi connectivity index (χ0) is 21.1. The molecular weight excluding hydrogens is 444 g/mol. The van der Waals surface area contributed by atoms with Crippen molar-refractivity contribution < 1.29 is 9.53 Å². The number of nitrogens with zero attached hydrogens (tertiary/aromatic N) is 4. The molecular formula is C23H31BrN4O2. The van der Waals surface area contributed by atoms with Gasteiger partial charge in [0.15, 0.2) is 0 Å². The zero-order valence-corrected chi connectivity index (χ0v) is 19.5. The van der Waals surface area contributed by atoms with Gasteiger partial charge >= 0.3 is 0 Å². The number of aryl methyl sites for hydroxylation is 1. The Bertz CT molecular complexity index is 866. The summed E-state index contributed by atoms with van der Waals surface area (Å²) in [6.45, 7) is 10.7. The van der Waals surface area contributed by atoms with Crippen LogP contribution in [0.4, 0.5) is 0 Å². The van der Waals surface area contributed by atoms with Crippen LogP contribution >= 0.6 is 15.9 Å². The smallest absolute Gasteiger partial charge is 0.253 e. The maximum atomic E-state index is 13.0. The highest BCUT2D eigenvalue weighted by atomic mass is 79.9. The van der Waals surface area contributed by atoms with Crippen LogP contribution in [0.5, 0.6) is 0 Å². The average Bonchev–Trinajstić information content (AvgIpc) is 3.05. The molecule has 162 valence electrons. The van der Waals surface area contributed by atoms with Gasteiger partial charge < -0.3 is 9.64 Å². The van der Waals surface area contributed by atoms with E-state index >= 15 is 0 Å². The monoisotopic (exact) mass is 474 g/mol. The van der Waals surface area contributed by atoms with Gasteiger partial charge in [0.2, 0.25) is 0 Å². The molecule has 1 aromatic heterocycles. The SMILES string of the molecule is Cc1nn(-c2ccc(C(=O)N3CCC(CCN4CCOCC4)CC3)cc2)c(C)c1Br. The first-order valence-electron chi connectivity index (χ1n) is 10.9. The fraction of sp³-hybridized carbons (Fsp3) is 0.565. The van der Waals surface area contributed by atoms with Crippen LogP contribution in [-0.4, -0.2) is 71.4 Å². The summed E-state index contributed by atoms with van der Waals surface area (Å²) in [7, 11) is 0. The molecule has 0 radical (unpaired) electrons. The number of piperidine rings is 1. The third-order valence-electron chi connectivity index (χ3n) is 6.42. The van der Waals surface area contributed by atoms with E-state index in [1.165, 1.54) is 6.42 Å². The number of morpholine rings is 1. The van der Waals surface area contributed by atoms with E-state index in [0.717, 1.165) is 91.8 Å². The van der Waals surface area contributed by atoms with Crippen molar-refractivity contribution in [3.05, 3.63) is 45.7 Å². The standard InChI is InChI=1S/C23H31BrN4O2/c1-17-22(24)18(2)28(25-17)21-5-3-20(4-6-21)23(29)27-11-8-19(9-12-27)7-10-26-13-15-30-16-14-26/h3-6,19H,7-16H2,1-2H3. The van der Waals surface area contributed by atoms with Gasteiger partial charge in [-0.15, -0.1) is 0 Å². The van der Waals surface area contributed by atoms with Gasteiger partial charge in [-0.3, -0.25) is 9.69 Å². The molecule has 0 N–H and O–H groups in total. The highest BCUT2D eigenvalue weighted by molar-refractivity contribution is 9.10. The minimum Gasteiger partial charge on any atom is -0.379 e. The predicted molar refractivity (Wildman–Crippen MR) is 121 cm³/mol. The van der Waals surface area contributed by atoms with Crippen LogP contribution in [0.3, 0.4) is 0 Å². The van der Waals surface area contributed by atoms with Gasteiger partial charge in [0, 0.05) is 31.7 Å². The summed E-state index contributed by atoms with van der Waals surface area (Å²) in [6.07, 6.45) is 3.44. The molecule has 2 saturated heterocycles. The molecule has 0 saturated carbocycles. The van der Waals surface area contributed by atoms with Crippen molar-refractivity contribution in [2.75, 3.05) is 45.9 Å². The number of amides is 1. The summed E-state index contributed by atoms with van der Waals surface area (Å²) in [6, 6.07) is 7.81. The predicted octanol–water partition coefficient (Wildman–Crippen LogP) is 3.83. The number of aromatic nitrogens is 2. The average molecular weight is 475 g/mol. The summed E-state index contributed by atoms with van der Waals surface area (Å²) >= 11 is 3.57. The molecule has 2 aromatic rings. The van der Waals surface area contributed by atoms with Crippen LogP contribution in [0.1, 0.15) is 41.0 Å². The molecule has 0 bridgehead atoms. The zero-order valence-electron chi connectivity index (χ0n) is 17.9. The Balaban J connectivity index is 1.30. The van der Waals surface area contributed by atoms with Gasteiger partial charge in [-0.25, -0.2) is 4.68 Å². The number of likely N-dealkylation sites (tertiary alicyclic amines) is 1. The van der Waals surface area contributed by atoms with Crippen LogP contribution in [-0.2, 0) is 4.74 Å². The molecule has 0 aliphatic carbocycles. The van der Waals surface area contributed by atoms with Crippen LogP contribution in [0.2, 0.25) is 0 Å². The summed E-state index contributed by atoms with van der Waals surface area (Å²) in [5, 5.41) is 4.57. The summed E-state index contributed by atoms with van der Waals surface area (Å²) < 4.78 is 8.36. The Labute approximate surface area is 187 Å². The van der Waals surface area contributed by atoms with Crippen molar-refractivity contribution in [1.29, 1.82) is 0 Å². The lowest BCUT2D eigenvalue weighted by Gasteiger charge is -2.34. The Morgan fingerprint density at radius 1 is 1.10 bits per heavy atom. The summed E-state index contributed by atoms with van der Waals surface area (Å²) in [5.74, 6) is 0.867. The number of hydrogen-bond donors (Lipinski definition) is 0. The minimum atomic E-state index is 0.141. The number of rotatable bonds is 5. The van der Waals surface area contributed by atoms with Gasteiger partial charge in [0.1, 0.15) is 0 Å². The highest BCUT2D eigenvalue weighted by Crippen LogP contribution is 2.25. The molecule has 0 spiro atoms. The molecule has 6 nitrogen and oxygen atoms in total. The second-order valence-electron chi connectivity index (χ2n) is 8.42. The molecule has 7 heteroatoms. The number of halogens is 1. The van der Waals surface area contributed by atoms with Crippen molar-refractivity contribution in [3.63, 3.8) is 0 Å². The number of carbonyl (C=O) groups excluding carboxylic acids is 1. The lowest BCUT2D eigenvalue weighted by Crippen LogP contribution is -2.40. The van der Waals surface area contributed by atoms with E-state index < -0.39 is 0 Å². The van der Waals surface area contributed by atoms with Gasteiger partial charge in [-0.05, 0) is 85.8 Å². The molecule has 2 aliphatic heterocycles. The highest BCUT2D eigenvalue weighted by Gasteiger charge is 2.24. The molecule has 0 unspecified atom stereocenters. The first-order valence-corrected chi connectivity index (χ1v) is 11.7. The van der Waals surface area contributed by atoms with Gasteiger partial charge in [0.25, 0.3) is 5.91 Å². The van der Waals surface area contributed by atoms with Gasteiger partial charge in [0.05, 0.1) is 34.8 Å². The maximum absolute atomic E-state index is 13.0. The Kier molecular flexibility index (Phi) is 6.91. The Morgan fingerprint density at radius 2 is 1.77 bits per heavy atom. The van der Waals surface area contributed by atoms with Crippen LogP contribution in [0.15, 0.2) is 28.7 Å². The van der Waals surface area contributed by atoms with Crippen molar-refractivity contribution in [2.24, 2.45) is 5.92 Å². The van der Waals surface area contributed by atoms with E-state index in [-0.39, 0.29) is 5.91 Å². The molecule has 2 aliphatic rings. The number of carbonyl (C=O) groups is 1. The molecule has 4 rings (SSSR count). The second-order valence-corrected chi connectivity index (χ2v) is 9.21. The van der Waals surface area contributed by atoms with Crippen molar-refractivity contribution >= 4 is 21.8 Å². The second kappa shape index (κ2) is 9.62. The van der Waals surface area contributed by atoms with E-state index in [1.807, 2.05) is 47.7 Å². The summed E-state index contributed by atoms with van der Waals surface area (Å²) in [4.78, 5) is 17.5. The lowest BCUT2D eigenvalue weighted by atomic mass is 9.93. The van der Waals surface area contributed by atoms with E-state index in [1.54, 1.807) is 0 Å². The molecule has 3 heterocycles. The fourth-order valence-electron chi connectivity index (χ4n) is 4.42. The quantitative estimate of drug-likeness (QED) is 0.660. The van der Waals surface area contributed by atoms with Gasteiger partial charge in [-0.1, -0.05) is 0 Å². The molecule has 2 fully saturated rings. The maximum Gasteiger partial charge on any atom is 0.253 e. The largest absolute Gasteiger partial charge is 0.379 e. The number of hydrogen-bond acceptors (Lipinski definition) is 4. The number of benzene rings is 1. The van der Waals surface area contributed by atoms with E-state index in [9.17, 15) is 4.79 Å². The lowest BCUT2D eigenvalue weighted by molar-refractivity contribution is 0.0332. The third-order valence-corrected chi connectivity index (χ3v) is 7.57. The topological polar surface area (TPSA) is 50.6 Å². The first-order chi connectivity index (χ1) is 14.5. The van der Waals surface area contributed by atoms with Crippen molar-refractivity contribution in [3.8, 4) is 5.69 Å². The van der Waals surface area contributed by atoms with Crippen LogP contribution < -0.4 is 0 Å². The van der Waals surface area contributed by atoms with Crippen molar-refractivity contribution in [2.45, 2.75) is 33.1 Å². The molecule has 30 heavy (non-hydrogen) atoms. The molecule has 0 atom stereocenters. The minimum absolute atomic E-state index is 0.141. The first kappa shape index (κ1) is 21.5. The molecule has 1 amide bonds. The normalized spacial score (nSPS) is 18.7. The Morgan fingerprint density at radius 3 is 2.37 bits per heavy atom. The fourth-order valence-corrected chi connectivity index (χ4v) is 4.66. The van der Waals surface area contributed by atoms with E-state index in [4.69, 9.17) is 4.74 Å².